The molecule has 10 heteroatoms. The number of carbonyl (C=O) groups is 3. The van der Waals surface area contributed by atoms with E-state index in [1.807, 2.05) is 0 Å². The van der Waals surface area contributed by atoms with E-state index in [1.165, 1.54) is 13.8 Å². The van der Waals surface area contributed by atoms with Gasteiger partial charge in [0.05, 0.1) is 17.7 Å². The third-order valence-electron chi connectivity index (χ3n) is 2.99. The van der Waals surface area contributed by atoms with Crippen LogP contribution in [0.5, 0.6) is 0 Å². The second-order valence-corrected chi connectivity index (χ2v) is 5.98. The van der Waals surface area contributed by atoms with Crippen LogP contribution in [0.15, 0.2) is 0 Å². The first-order valence-corrected chi connectivity index (χ1v) is 7.29. The summed E-state index contributed by atoms with van der Waals surface area (Å²) in [4.78, 5) is 55.2. The van der Waals surface area contributed by atoms with Crippen molar-refractivity contribution < 1.29 is 29.3 Å². The van der Waals surface area contributed by atoms with Gasteiger partial charge in [0, 0.05) is 5.71 Å². The Balaban J connectivity index is 6.56. The van der Waals surface area contributed by atoms with E-state index in [1.54, 1.807) is 0 Å². The van der Waals surface area contributed by atoms with E-state index >= 15 is 0 Å². The van der Waals surface area contributed by atoms with Crippen LogP contribution in [-0.4, -0.2) is 55.9 Å². The fourth-order valence-corrected chi connectivity index (χ4v) is 3.17. The number of hydrogen-bond acceptors (Lipinski definition) is 8. The van der Waals surface area contributed by atoms with Crippen LogP contribution in [0.3, 0.4) is 0 Å². The van der Waals surface area contributed by atoms with Crippen LogP contribution in [0, 0.1) is 10.8 Å². The number of rotatable bonds is 8. The van der Waals surface area contributed by atoms with Gasteiger partial charge in [-0.05, 0) is 20.8 Å². The zero-order chi connectivity index (χ0) is 17.1. The highest BCUT2D eigenvalue weighted by atomic mass is 31.2. The van der Waals surface area contributed by atoms with Crippen LogP contribution in [0.4, 0.5) is 0 Å². The first-order chi connectivity index (χ1) is 9.42. The summed E-state index contributed by atoms with van der Waals surface area (Å²) in [6.07, 6.45) is 0. The minimum atomic E-state index is -3.10. The van der Waals surface area contributed by atoms with E-state index in [4.69, 9.17) is 16.9 Å². The van der Waals surface area contributed by atoms with E-state index in [-0.39, 0.29) is 0 Å². The van der Waals surface area contributed by atoms with Crippen molar-refractivity contribution >= 4 is 31.6 Å². The molecule has 9 nitrogen and oxygen atoms in total. The molecule has 0 aromatic heterocycles. The zero-order valence-electron chi connectivity index (χ0n) is 11.9. The Kier molecular flexibility index (Phi) is 6.72. The van der Waals surface area contributed by atoms with E-state index in [0.29, 0.717) is 0 Å². The summed E-state index contributed by atoms with van der Waals surface area (Å²) in [6, 6.07) is -2.72. The molecule has 0 bridgehead atoms. The molecule has 0 spiro atoms. The van der Waals surface area contributed by atoms with Gasteiger partial charge in [0.25, 0.3) is 0 Å². The summed E-state index contributed by atoms with van der Waals surface area (Å²) < 4.78 is 0. The fourth-order valence-electron chi connectivity index (χ4n) is 2.11. The predicted octanol–water partition coefficient (Wildman–Crippen LogP) is -1.41. The molecule has 0 aliphatic rings. The van der Waals surface area contributed by atoms with Gasteiger partial charge in [-0.25, -0.2) is 0 Å². The fraction of sp³-hybridized carbons (Fsp3) is 0.636. The van der Waals surface area contributed by atoms with E-state index in [2.05, 4.69) is 0 Å². The molecule has 0 radical (unpaired) electrons. The van der Waals surface area contributed by atoms with Crippen LogP contribution < -0.4 is 11.5 Å². The normalized spacial score (nSPS) is 16.2. The van der Waals surface area contributed by atoms with E-state index in [9.17, 15) is 29.3 Å². The first kappa shape index (κ1) is 19.8. The maximum absolute atomic E-state index is 12.3. The highest BCUT2D eigenvalue weighted by Gasteiger charge is 2.62. The molecule has 120 valence electrons. The Labute approximate surface area is 122 Å². The van der Waals surface area contributed by atoms with Crippen LogP contribution >= 0.6 is 8.38 Å². The number of carboxylic acids is 1. The number of Topliss-reactive ketones (excluding diaryl/α,β-unsaturated/α-hetero) is 2. The average Bonchev–Trinajstić information content (AvgIpc) is 2.31. The average molecular weight is 321 g/mol. The van der Waals surface area contributed by atoms with Crippen molar-refractivity contribution in [1.29, 1.82) is 5.41 Å². The minimum Gasteiger partial charge on any atom is -0.480 e. The van der Waals surface area contributed by atoms with Gasteiger partial charge in [-0.1, -0.05) is 0 Å². The summed E-state index contributed by atoms with van der Waals surface area (Å²) in [5, 5.41) is 17.0. The number of ketones is 2. The lowest BCUT2D eigenvalue weighted by Gasteiger charge is -2.36. The van der Waals surface area contributed by atoms with Crippen LogP contribution in [0.2, 0.25) is 0 Å². The standard InChI is InChI=1S/C11H20N3O6P/c1-4(12)7(15)11(10(17)18,8(16)5(2)13)9(6(3)14)21(19)20/h4-5,9,14,19-20H,12-13H2,1-3H3,(H,17,18)/t4-,5-,9?/m0/s1. The van der Waals surface area contributed by atoms with Gasteiger partial charge >= 0.3 is 5.97 Å². The van der Waals surface area contributed by atoms with Gasteiger partial charge in [-0.15, -0.1) is 0 Å². The zero-order valence-corrected chi connectivity index (χ0v) is 12.8. The maximum Gasteiger partial charge on any atom is 0.326 e. The van der Waals surface area contributed by atoms with E-state index in [0.717, 1.165) is 6.92 Å². The van der Waals surface area contributed by atoms with E-state index < -0.39 is 54.8 Å². The Morgan fingerprint density at radius 3 is 1.57 bits per heavy atom. The number of nitrogens with one attached hydrogen (secondary N) is 1. The maximum atomic E-state index is 12.3. The van der Waals surface area contributed by atoms with Gasteiger partial charge < -0.3 is 31.8 Å². The molecule has 0 aromatic rings. The van der Waals surface area contributed by atoms with Crippen molar-refractivity contribution in [2.45, 2.75) is 38.5 Å². The molecule has 0 saturated heterocycles. The van der Waals surface area contributed by atoms with Crippen molar-refractivity contribution in [3.8, 4) is 0 Å². The number of aliphatic carboxylic acids is 1. The quantitative estimate of drug-likeness (QED) is 0.179. The molecule has 8 N–H and O–H groups in total. The summed E-state index contributed by atoms with van der Waals surface area (Å²) in [5.41, 5.74) is 5.48. The summed E-state index contributed by atoms with van der Waals surface area (Å²) >= 11 is 0. The van der Waals surface area contributed by atoms with Crippen LogP contribution in [0.1, 0.15) is 20.8 Å². The van der Waals surface area contributed by atoms with Crippen molar-refractivity contribution in [2.75, 3.05) is 0 Å². The summed E-state index contributed by atoms with van der Waals surface area (Å²) in [6.45, 7) is 3.41. The molecular weight excluding hydrogens is 301 g/mol. The van der Waals surface area contributed by atoms with Crippen LogP contribution in [-0.2, 0) is 14.4 Å². The second-order valence-electron chi connectivity index (χ2n) is 4.82. The third kappa shape index (κ3) is 3.50. The Bertz CT molecular complexity index is 443. The molecule has 3 atom stereocenters. The third-order valence-corrected chi connectivity index (χ3v) is 4.23. The molecular formula is C11H20N3O6P. The van der Waals surface area contributed by atoms with Gasteiger partial charge in [-0.2, -0.15) is 0 Å². The van der Waals surface area contributed by atoms with Crippen molar-refractivity contribution in [2.24, 2.45) is 16.9 Å². The number of hydrogen-bond donors (Lipinski definition) is 6. The molecule has 0 aliphatic carbocycles. The number of nitrogens with two attached hydrogens (primary N) is 2. The molecule has 0 amide bonds. The number of carboxylic acid groups (broad SMARTS) is 1. The molecule has 0 aliphatic heterocycles. The lowest BCUT2D eigenvalue weighted by atomic mass is 9.70. The predicted molar refractivity (Wildman–Crippen MR) is 75.9 cm³/mol. The van der Waals surface area contributed by atoms with Gasteiger partial charge in [0.15, 0.2) is 19.9 Å². The highest BCUT2D eigenvalue weighted by molar-refractivity contribution is 7.47. The first-order valence-electron chi connectivity index (χ1n) is 5.97. The molecule has 0 heterocycles. The summed E-state index contributed by atoms with van der Waals surface area (Å²) in [7, 11) is -3.10. The van der Waals surface area contributed by atoms with Gasteiger partial charge in [0.1, 0.15) is 0 Å². The van der Waals surface area contributed by atoms with Gasteiger partial charge in [0.2, 0.25) is 5.41 Å². The Morgan fingerprint density at radius 1 is 1.10 bits per heavy atom. The number of carbonyl (C=O) groups excluding carboxylic acids is 2. The Morgan fingerprint density at radius 2 is 1.43 bits per heavy atom. The molecule has 21 heavy (non-hydrogen) atoms. The topological polar surface area (TPSA) is 188 Å². The lowest BCUT2D eigenvalue weighted by Crippen LogP contribution is -2.63. The molecule has 1 unspecified atom stereocenters. The largest absolute Gasteiger partial charge is 0.480 e. The minimum absolute atomic E-state index is 0.531. The van der Waals surface area contributed by atoms with Gasteiger partial charge in [-0.3, -0.25) is 14.4 Å². The van der Waals surface area contributed by atoms with Crippen LogP contribution in [0.25, 0.3) is 0 Å². The molecule has 0 aromatic carbocycles. The summed E-state index contributed by atoms with van der Waals surface area (Å²) in [5.74, 6) is -4.34. The lowest BCUT2D eigenvalue weighted by molar-refractivity contribution is -0.160. The highest BCUT2D eigenvalue weighted by Crippen LogP contribution is 2.46. The Hall–Kier alpha value is -1.25. The van der Waals surface area contributed by atoms with Crippen molar-refractivity contribution in [3.05, 3.63) is 0 Å². The van der Waals surface area contributed by atoms with Crippen molar-refractivity contribution in [1.82, 2.24) is 0 Å². The smallest absolute Gasteiger partial charge is 0.326 e. The monoisotopic (exact) mass is 321 g/mol. The second kappa shape index (κ2) is 7.15. The SMILES string of the molecule is CC(=N)C(P(O)O)C(C(=O)O)(C(=O)[C@H](C)N)C(=O)[C@H](C)N. The van der Waals surface area contributed by atoms with Crippen molar-refractivity contribution in [3.63, 3.8) is 0 Å². The molecule has 0 rings (SSSR count). The molecule has 0 saturated carbocycles. The molecule has 0 fully saturated rings.